The van der Waals surface area contributed by atoms with E-state index in [1.54, 1.807) is 17.7 Å². The topological polar surface area (TPSA) is 112 Å². The summed E-state index contributed by atoms with van der Waals surface area (Å²) in [6, 6.07) is 6.31. The molecule has 3 aromatic rings. The molecule has 0 aliphatic carbocycles. The van der Waals surface area contributed by atoms with E-state index in [1.807, 2.05) is 39.0 Å². The zero-order valence-electron chi connectivity index (χ0n) is 19.0. The number of rotatable bonds is 5. The molecular weight excluding hydrogens is 412 g/mol. The van der Waals surface area contributed by atoms with E-state index in [2.05, 4.69) is 25.6 Å². The van der Waals surface area contributed by atoms with Gasteiger partial charge in [-0.3, -0.25) is 9.47 Å². The summed E-state index contributed by atoms with van der Waals surface area (Å²) >= 11 is 0. The van der Waals surface area contributed by atoms with Gasteiger partial charge < -0.3 is 10.1 Å². The van der Waals surface area contributed by atoms with Crippen LogP contribution in [-0.2, 0) is 18.3 Å². The van der Waals surface area contributed by atoms with E-state index in [4.69, 9.17) is 4.74 Å². The molecule has 0 bridgehead atoms. The van der Waals surface area contributed by atoms with Crippen LogP contribution in [-0.4, -0.2) is 73.1 Å². The smallest absolute Gasteiger partial charge is 0.337 e. The number of tetrazole rings is 1. The molecule has 11 nitrogen and oxygen atoms in total. The quantitative estimate of drug-likeness (QED) is 0.627. The highest BCUT2D eigenvalue weighted by atomic mass is 16.5. The fraction of sp³-hybridized carbons (Fsp3) is 0.571. The van der Waals surface area contributed by atoms with Crippen molar-refractivity contribution in [3.8, 4) is 0 Å². The Morgan fingerprint density at radius 1 is 1.16 bits per heavy atom. The van der Waals surface area contributed by atoms with E-state index in [-0.39, 0.29) is 5.69 Å². The Morgan fingerprint density at radius 2 is 1.84 bits per heavy atom. The zero-order chi connectivity index (χ0) is 22.9. The summed E-state index contributed by atoms with van der Waals surface area (Å²) in [5.74, 6) is 0.400. The summed E-state index contributed by atoms with van der Waals surface area (Å²) in [6.45, 7) is 10.2. The molecule has 1 aromatic carbocycles. The Bertz CT molecular complexity index is 1150. The Kier molecular flexibility index (Phi) is 6.11. The van der Waals surface area contributed by atoms with Crippen molar-refractivity contribution in [2.75, 3.05) is 32.8 Å². The van der Waals surface area contributed by atoms with Gasteiger partial charge in [0.2, 0.25) is 0 Å². The van der Waals surface area contributed by atoms with Crippen LogP contribution in [0.5, 0.6) is 0 Å². The van der Waals surface area contributed by atoms with E-state index in [0.717, 1.165) is 18.6 Å². The van der Waals surface area contributed by atoms with Crippen molar-refractivity contribution in [3.05, 3.63) is 40.6 Å². The molecule has 1 amide bonds. The van der Waals surface area contributed by atoms with Crippen molar-refractivity contribution < 1.29 is 9.53 Å². The third-order valence-electron chi connectivity index (χ3n) is 5.70. The van der Waals surface area contributed by atoms with Crippen LogP contribution in [0.25, 0.3) is 11.0 Å². The van der Waals surface area contributed by atoms with Gasteiger partial charge in [0.25, 0.3) is 0 Å². The average molecular weight is 443 g/mol. The van der Waals surface area contributed by atoms with Crippen molar-refractivity contribution in [2.24, 2.45) is 12.5 Å². The molecular formula is C21H30N8O3. The molecule has 1 fully saturated rings. The monoisotopic (exact) mass is 442 g/mol. The highest BCUT2D eigenvalue weighted by Gasteiger charge is 2.33. The predicted octanol–water partition coefficient (Wildman–Crippen LogP) is 1.00. The number of carbonyl (C=O) groups excluding carboxylic acids is 1. The van der Waals surface area contributed by atoms with E-state index < -0.39 is 17.5 Å². The first-order chi connectivity index (χ1) is 15.3. The maximum atomic E-state index is 13.4. The van der Waals surface area contributed by atoms with Gasteiger partial charge in [0, 0.05) is 26.2 Å². The molecule has 172 valence electrons. The lowest BCUT2D eigenvalue weighted by Crippen LogP contribution is -2.44. The number of amides is 1. The highest BCUT2D eigenvalue weighted by Crippen LogP contribution is 2.30. The van der Waals surface area contributed by atoms with Crippen LogP contribution in [0.4, 0.5) is 4.79 Å². The van der Waals surface area contributed by atoms with Gasteiger partial charge in [-0.05, 0) is 22.8 Å². The second-order valence-electron chi connectivity index (χ2n) is 9.10. The number of hydrogen-bond acceptors (Lipinski definition) is 7. The minimum Gasteiger partial charge on any atom is -0.379 e. The first kappa shape index (κ1) is 22.2. The van der Waals surface area contributed by atoms with Crippen molar-refractivity contribution in [2.45, 2.75) is 33.4 Å². The highest BCUT2D eigenvalue weighted by molar-refractivity contribution is 5.89. The molecule has 0 radical (unpaired) electrons. The number of ether oxygens (including phenoxy) is 1. The molecule has 1 aliphatic heterocycles. The molecule has 11 heteroatoms. The fourth-order valence-electron chi connectivity index (χ4n) is 3.96. The number of aryl methyl sites for hydroxylation is 1. The molecule has 32 heavy (non-hydrogen) atoms. The normalized spacial score (nSPS) is 16.4. The maximum Gasteiger partial charge on any atom is 0.337 e. The number of benzene rings is 1. The maximum absolute atomic E-state index is 13.4. The molecule has 1 saturated heterocycles. The minimum atomic E-state index is -0.522. The number of morpholine rings is 1. The summed E-state index contributed by atoms with van der Waals surface area (Å²) in [5.41, 5.74) is 0.538. The molecule has 1 atom stereocenters. The SMILES string of the molecule is Cn1nnc([C@@H](NC(=O)n2c(=O)n(CCN3CCOCC3)c3ccccc32)C(C)(C)C)n1. The molecule has 0 unspecified atom stereocenters. The van der Waals surface area contributed by atoms with Crippen LogP contribution in [0.3, 0.4) is 0 Å². The zero-order valence-corrected chi connectivity index (χ0v) is 19.0. The first-order valence-electron chi connectivity index (χ1n) is 10.8. The van der Waals surface area contributed by atoms with Crippen LogP contribution in [0, 0.1) is 5.41 Å². The van der Waals surface area contributed by atoms with Crippen molar-refractivity contribution in [1.82, 2.24) is 39.6 Å². The van der Waals surface area contributed by atoms with Crippen LogP contribution >= 0.6 is 0 Å². The third kappa shape index (κ3) is 4.44. The predicted molar refractivity (Wildman–Crippen MR) is 118 cm³/mol. The Balaban J connectivity index is 1.65. The number of para-hydroxylation sites is 2. The average Bonchev–Trinajstić information content (AvgIpc) is 3.30. The van der Waals surface area contributed by atoms with E-state index in [9.17, 15) is 9.59 Å². The fourth-order valence-corrected chi connectivity index (χ4v) is 3.96. The molecule has 1 aliphatic rings. The molecule has 2 aromatic heterocycles. The molecule has 1 N–H and O–H groups in total. The second-order valence-corrected chi connectivity index (χ2v) is 9.10. The van der Waals surface area contributed by atoms with Gasteiger partial charge in [0.05, 0.1) is 37.3 Å². The van der Waals surface area contributed by atoms with Crippen molar-refractivity contribution in [1.29, 1.82) is 0 Å². The molecule has 4 rings (SSSR count). The van der Waals surface area contributed by atoms with Crippen molar-refractivity contribution in [3.63, 3.8) is 0 Å². The van der Waals surface area contributed by atoms with Gasteiger partial charge in [-0.25, -0.2) is 14.2 Å². The number of nitrogens with zero attached hydrogens (tertiary/aromatic N) is 7. The van der Waals surface area contributed by atoms with Gasteiger partial charge >= 0.3 is 11.7 Å². The summed E-state index contributed by atoms with van der Waals surface area (Å²) in [7, 11) is 1.67. The molecule has 3 heterocycles. The first-order valence-corrected chi connectivity index (χ1v) is 10.8. The number of carbonyl (C=O) groups is 1. The van der Waals surface area contributed by atoms with Gasteiger partial charge in [-0.2, -0.15) is 4.80 Å². The van der Waals surface area contributed by atoms with E-state index in [1.165, 1.54) is 9.36 Å². The minimum absolute atomic E-state index is 0.364. The largest absolute Gasteiger partial charge is 0.379 e. The Hall–Kier alpha value is -3.05. The molecule has 0 saturated carbocycles. The second kappa shape index (κ2) is 8.83. The Labute approximate surface area is 185 Å². The van der Waals surface area contributed by atoms with Gasteiger partial charge in [0.1, 0.15) is 0 Å². The van der Waals surface area contributed by atoms with Gasteiger partial charge in [-0.15, -0.1) is 10.2 Å². The summed E-state index contributed by atoms with van der Waals surface area (Å²) in [5, 5.41) is 15.2. The molecule has 0 spiro atoms. The van der Waals surface area contributed by atoms with Crippen LogP contribution in [0.15, 0.2) is 29.1 Å². The Morgan fingerprint density at radius 3 is 2.47 bits per heavy atom. The lowest BCUT2D eigenvalue weighted by Gasteiger charge is -2.28. The number of aromatic nitrogens is 6. The lowest BCUT2D eigenvalue weighted by molar-refractivity contribution is 0.0364. The van der Waals surface area contributed by atoms with Crippen LogP contribution in [0.2, 0.25) is 0 Å². The van der Waals surface area contributed by atoms with E-state index >= 15 is 0 Å². The number of imidazole rings is 1. The number of nitrogens with one attached hydrogen (secondary N) is 1. The van der Waals surface area contributed by atoms with Crippen molar-refractivity contribution >= 4 is 17.1 Å². The number of hydrogen-bond donors (Lipinski definition) is 1. The third-order valence-corrected chi connectivity index (χ3v) is 5.70. The van der Waals surface area contributed by atoms with Gasteiger partial charge in [-0.1, -0.05) is 32.9 Å². The van der Waals surface area contributed by atoms with E-state index in [0.29, 0.717) is 37.6 Å². The van der Waals surface area contributed by atoms with Gasteiger partial charge in [0.15, 0.2) is 5.82 Å². The summed E-state index contributed by atoms with van der Waals surface area (Å²) in [4.78, 5) is 30.3. The van der Waals surface area contributed by atoms with Crippen LogP contribution in [0.1, 0.15) is 32.6 Å². The standard InChI is InChI=1S/C21H30N8O3/c1-21(2,3)17(18-23-25-26(4)24-18)22-19(30)29-16-8-6-5-7-15(16)28(20(29)31)10-9-27-11-13-32-14-12-27/h5-8,17H,9-14H2,1-4H3,(H,22,30)/t17-/m1/s1. The summed E-state index contributed by atoms with van der Waals surface area (Å²) < 4.78 is 8.26. The lowest BCUT2D eigenvalue weighted by atomic mass is 9.86. The van der Waals surface area contributed by atoms with Crippen LogP contribution < -0.4 is 11.0 Å². The summed E-state index contributed by atoms with van der Waals surface area (Å²) in [6.07, 6.45) is 0. The number of fused-ring (bicyclic) bond motifs is 1.